The zero-order chi connectivity index (χ0) is 10.8. The van der Waals surface area contributed by atoms with Gasteiger partial charge in [-0.15, -0.1) is 0 Å². The van der Waals surface area contributed by atoms with Crippen LogP contribution in [0.1, 0.15) is 12.5 Å². The van der Waals surface area contributed by atoms with Crippen molar-refractivity contribution in [3.8, 4) is 5.69 Å². The maximum absolute atomic E-state index is 11.4. The fraction of sp³-hybridized carbons (Fsp3) is 0.200. The first kappa shape index (κ1) is 10.3. The molecule has 0 unspecified atom stereocenters. The molecule has 0 saturated carbocycles. The number of benzene rings is 1. The van der Waals surface area contributed by atoms with Gasteiger partial charge in [-0.1, -0.05) is 19.1 Å². The zero-order valence-corrected chi connectivity index (χ0v) is 9.73. The van der Waals surface area contributed by atoms with Gasteiger partial charge in [-0.2, -0.15) is 0 Å². The number of aromatic nitrogens is 1. The average molecular weight is 239 g/mol. The van der Waals surface area contributed by atoms with E-state index in [-0.39, 0.29) is 9.75 Å². The second kappa shape index (κ2) is 4.12. The summed E-state index contributed by atoms with van der Waals surface area (Å²) in [5.74, 6) is 0. The van der Waals surface area contributed by atoms with E-state index in [1.165, 1.54) is 10.1 Å². The number of hydrogen-bond donors (Lipinski definition) is 0. The highest BCUT2D eigenvalue weighted by Gasteiger charge is 2.05. The van der Waals surface area contributed by atoms with E-state index < -0.39 is 0 Å². The van der Waals surface area contributed by atoms with E-state index in [1.54, 1.807) is 12.1 Å². The van der Waals surface area contributed by atoms with Gasteiger partial charge in [0.25, 0.3) is 0 Å². The maximum atomic E-state index is 11.4. The predicted molar refractivity (Wildman–Crippen MR) is 63.4 cm³/mol. The van der Waals surface area contributed by atoms with Crippen LogP contribution in [0.4, 0.5) is 0 Å². The van der Waals surface area contributed by atoms with Crippen molar-refractivity contribution in [2.45, 2.75) is 13.3 Å². The molecule has 1 aromatic heterocycles. The van der Waals surface area contributed by atoms with Gasteiger partial charge in [0, 0.05) is 0 Å². The molecule has 0 saturated heterocycles. The van der Waals surface area contributed by atoms with Crippen LogP contribution in [0.3, 0.4) is 0 Å². The van der Waals surface area contributed by atoms with Crippen molar-refractivity contribution in [3.63, 3.8) is 0 Å². The van der Waals surface area contributed by atoms with Crippen molar-refractivity contribution in [1.29, 1.82) is 0 Å². The summed E-state index contributed by atoms with van der Waals surface area (Å²) in [6.45, 7) is 2.06. The second-order valence-electron chi connectivity index (χ2n) is 3.05. The van der Waals surface area contributed by atoms with Crippen LogP contribution in [0.2, 0.25) is 0 Å². The van der Waals surface area contributed by atoms with Crippen LogP contribution in [0.5, 0.6) is 0 Å². The Labute approximate surface area is 93.6 Å². The molecule has 2 rings (SSSR count). The monoisotopic (exact) mass is 239 g/mol. The molecular formula is C10H9NO2S2. The lowest BCUT2D eigenvalue weighted by Crippen LogP contribution is -2.21. The quantitative estimate of drug-likeness (QED) is 0.751. The highest BCUT2D eigenvalue weighted by molar-refractivity contribution is 7.67. The van der Waals surface area contributed by atoms with Crippen LogP contribution in [-0.4, -0.2) is 4.57 Å². The lowest BCUT2D eigenvalue weighted by molar-refractivity contribution is 1.00. The van der Waals surface area contributed by atoms with E-state index in [0.29, 0.717) is 5.69 Å². The van der Waals surface area contributed by atoms with Gasteiger partial charge < -0.3 is 0 Å². The van der Waals surface area contributed by atoms with Crippen LogP contribution in [0.25, 0.3) is 5.69 Å². The fourth-order valence-corrected chi connectivity index (χ4v) is 2.91. The molecule has 0 aliphatic rings. The lowest BCUT2D eigenvalue weighted by Gasteiger charge is -2.00. The minimum Gasteiger partial charge on any atom is -0.255 e. The minimum absolute atomic E-state index is 0.214. The zero-order valence-electron chi connectivity index (χ0n) is 8.10. The average Bonchev–Trinajstić information content (AvgIpc) is 2.59. The molecule has 0 bridgehead atoms. The van der Waals surface area contributed by atoms with Crippen LogP contribution in [0.15, 0.2) is 33.9 Å². The Morgan fingerprint density at radius 2 is 1.60 bits per heavy atom. The summed E-state index contributed by atoms with van der Waals surface area (Å²) >= 11 is 0. The highest BCUT2D eigenvalue weighted by Crippen LogP contribution is 2.08. The first-order valence-corrected chi connectivity index (χ1v) is 6.69. The van der Waals surface area contributed by atoms with Crippen molar-refractivity contribution >= 4 is 20.7 Å². The summed E-state index contributed by atoms with van der Waals surface area (Å²) in [5, 5.41) is 0. The molecule has 0 spiro atoms. The number of rotatable bonds is 2. The van der Waals surface area contributed by atoms with Gasteiger partial charge in [-0.05, 0) is 44.8 Å². The van der Waals surface area contributed by atoms with Crippen LogP contribution in [-0.2, 0) is 6.42 Å². The lowest BCUT2D eigenvalue weighted by atomic mass is 10.1. The summed E-state index contributed by atoms with van der Waals surface area (Å²) in [5.41, 5.74) is 1.85. The molecule has 0 fully saturated rings. The van der Waals surface area contributed by atoms with Gasteiger partial charge in [0.1, 0.15) is 0 Å². The summed E-state index contributed by atoms with van der Waals surface area (Å²) in [7, 11) is 1.94. The summed E-state index contributed by atoms with van der Waals surface area (Å²) < 4.78 is 1.20. The van der Waals surface area contributed by atoms with Gasteiger partial charge in [-0.25, -0.2) is 4.57 Å². The number of hydrogen-bond acceptors (Lipinski definition) is 4. The molecule has 5 heteroatoms. The van der Waals surface area contributed by atoms with Gasteiger partial charge in [0.05, 0.1) is 5.69 Å². The van der Waals surface area contributed by atoms with Gasteiger partial charge in [-0.3, -0.25) is 9.59 Å². The standard InChI is InChI=1S/C10H9NO2S2/c1-2-7-3-5-8(6-4-7)11-9(12)14-15-10(11)13/h3-6H,2H2,1H3. The Kier molecular flexibility index (Phi) is 2.83. The Morgan fingerprint density at radius 1 is 1.07 bits per heavy atom. The van der Waals surface area contributed by atoms with Gasteiger partial charge >= 0.3 is 9.75 Å². The first-order valence-electron chi connectivity index (χ1n) is 4.54. The highest BCUT2D eigenvalue weighted by atomic mass is 32.9. The van der Waals surface area contributed by atoms with E-state index in [4.69, 9.17) is 0 Å². The maximum Gasteiger partial charge on any atom is 0.325 e. The van der Waals surface area contributed by atoms with Crippen LogP contribution in [0, 0.1) is 0 Å². The molecule has 78 valence electrons. The molecule has 2 aromatic rings. The van der Waals surface area contributed by atoms with Crippen molar-refractivity contribution in [2.24, 2.45) is 0 Å². The third-order valence-corrected chi connectivity index (χ3v) is 3.99. The van der Waals surface area contributed by atoms with E-state index in [9.17, 15) is 9.59 Å². The number of nitrogens with zero attached hydrogens (tertiary/aromatic N) is 1. The smallest absolute Gasteiger partial charge is 0.255 e. The third kappa shape index (κ3) is 1.93. The molecule has 3 nitrogen and oxygen atoms in total. The van der Waals surface area contributed by atoms with Crippen molar-refractivity contribution in [3.05, 3.63) is 49.2 Å². The molecule has 0 radical (unpaired) electrons. The Balaban J connectivity index is 2.55. The largest absolute Gasteiger partial charge is 0.325 e. The van der Waals surface area contributed by atoms with Gasteiger partial charge in [0.15, 0.2) is 0 Å². The minimum atomic E-state index is -0.214. The topological polar surface area (TPSA) is 39.1 Å². The SMILES string of the molecule is CCc1ccc(-n2c(=O)ssc2=O)cc1. The molecule has 0 aliphatic heterocycles. The first-order chi connectivity index (χ1) is 7.22. The van der Waals surface area contributed by atoms with Crippen molar-refractivity contribution in [2.75, 3.05) is 0 Å². The van der Waals surface area contributed by atoms with Crippen LogP contribution < -0.4 is 9.75 Å². The predicted octanol–water partition coefficient (Wildman–Crippen LogP) is 1.88. The molecule has 0 amide bonds. The fourth-order valence-electron chi connectivity index (χ4n) is 1.31. The van der Waals surface area contributed by atoms with Crippen LogP contribution >= 0.6 is 20.7 Å². The molecular weight excluding hydrogens is 230 g/mol. The summed E-state index contributed by atoms with van der Waals surface area (Å²) in [4.78, 5) is 22.3. The second-order valence-corrected chi connectivity index (χ2v) is 5.09. The normalized spacial score (nSPS) is 10.5. The molecule has 0 aliphatic carbocycles. The number of aryl methyl sites for hydroxylation is 1. The Morgan fingerprint density at radius 3 is 2.07 bits per heavy atom. The van der Waals surface area contributed by atoms with Gasteiger partial charge in [0.2, 0.25) is 0 Å². The van der Waals surface area contributed by atoms with E-state index in [1.807, 2.05) is 12.1 Å². The molecule has 15 heavy (non-hydrogen) atoms. The summed E-state index contributed by atoms with van der Waals surface area (Å²) in [6.07, 6.45) is 0.950. The van der Waals surface area contributed by atoms with Crippen molar-refractivity contribution in [1.82, 2.24) is 4.57 Å². The molecule has 0 N–H and O–H groups in total. The van der Waals surface area contributed by atoms with E-state index >= 15 is 0 Å². The Bertz CT molecular complexity index is 535. The van der Waals surface area contributed by atoms with Crippen molar-refractivity contribution < 1.29 is 0 Å². The van der Waals surface area contributed by atoms with E-state index in [2.05, 4.69) is 6.92 Å². The van der Waals surface area contributed by atoms with E-state index in [0.717, 1.165) is 27.1 Å². The third-order valence-electron chi connectivity index (χ3n) is 2.15. The molecule has 1 aromatic carbocycles. The molecule has 1 heterocycles. The Hall–Kier alpha value is -1.20. The molecule has 0 atom stereocenters. The summed E-state index contributed by atoms with van der Waals surface area (Å²) in [6, 6.07) is 7.48.